The van der Waals surface area contributed by atoms with Crippen LogP contribution < -0.4 is 15.0 Å². The molecule has 1 atom stereocenters. The van der Waals surface area contributed by atoms with Crippen molar-refractivity contribution < 1.29 is 14.3 Å². The highest BCUT2D eigenvalue weighted by atomic mass is 32.2. The van der Waals surface area contributed by atoms with Gasteiger partial charge >= 0.3 is 0 Å². The molecule has 0 spiro atoms. The van der Waals surface area contributed by atoms with Crippen molar-refractivity contribution >= 4 is 35.0 Å². The number of rotatable bonds is 7. The third kappa shape index (κ3) is 4.81. The number of benzene rings is 2. The van der Waals surface area contributed by atoms with E-state index in [0.29, 0.717) is 18.1 Å². The third-order valence-electron chi connectivity index (χ3n) is 5.91. The van der Waals surface area contributed by atoms with E-state index in [9.17, 15) is 9.59 Å². The first-order valence-corrected chi connectivity index (χ1v) is 11.7. The van der Waals surface area contributed by atoms with Gasteiger partial charge in [0.25, 0.3) is 0 Å². The quantitative estimate of drug-likeness (QED) is 0.648. The predicted molar refractivity (Wildman–Crippen MR) is 122 cm³/mol. The molecule has 2 aliphatic rings. The van der Waals surface area contributed by atoms with Crippen LogP contribution in [0.3, 0.4) is 0 Å². The molecule has 1 heterocycles. The van der Waals surface area contributed by atoms with Gasteiger partial charge in [0.2, 0.25) is 11.8 Å². The van der Waals surface area contributed by atoms with Gasteiger partial charge in [-0.05, 0) is 42.2 Å². The lowest BCUT2D eigenvalue weighted by atomic mass is 10.0. The van der Waals surface area contributed by atoms with Crippen LogP contribution in [0.4, 0.5) is 11.4 Å². The molecule has 2 aromatic rings. The summed E-state index contributed by atoms with van der Waals surface area (Å²) in [6.07, 6.45) is 6.67. The molecule has 1 saturated heterocycles. The van der Waals surface area contributed by atoms with Crippen molar-refractivity contribution in [1.29, 1.82) is 0 Å². The summed E-state index contributed by atoms with van der Waals surface area (Å²) in [5.74, 6) is 2.00. The topological polar surface area (TPSA) is 58.6 Å². The van der Waals surface area contributed by atoms with Gasteiger partial charge in [0.1, 0.15) is 11.1 Å². The molecule has 6 heteroatoms. The molecule has 5 nitrogen and oxygen atoms in total. The Hall–Kier alpha value is -2.47. The lowest BCUT2D eigenvalue weighted by Gasteiger charge is -2.25. The largest absolute Gasteiger partial charge is 0.497 e. The fraction of sp³-hybridized carbons (Fsp3) is 0.417. The van der Waals surface area contributed by atoms with E-state index in [1.807, 2.05) is 53.4 Å². The van der Waals surface area contributed by atoms with E-state index < -0.39 is 0 Å². The standard InChI is InChI=1S/C24H28N2O3S/c1-29-21-11-5-10-20(15-21)26-23(28)16-30-24(26)18-8-4-9-19(14-18)25-22(27)13-12-17-6-2-3-7-17/h4-5,8-11,14-15,17,24H,2-3,6-7,12-13,16H2,1H3,(H,25,27)/t24-/m1/s1. The van der Waals surface area contributed by atoms with Gasteiger partial charge in [-0.2, -0.15) is 0 Å². The molecule has 1 aliphatic heterocycles. The first-order chi connectivity index (χ1) is 14.6. The molecule has 0 aromatic heterocycles. The van der Waals surface area contributed by atoms with E-state index in [2.05, 4.69) is 5.32 Å². The van der Waals surface area contributed by atoms with Crippen LogP contribution in [0.25, 0.3) is 0 Å². The number of thioether (sulfide) groups is 1. The van der Waals surface area contributed by atoms with Gasteiger partial charge < -0.3 is 10.1 Å². The number of nitrogens with zero attached hydrogens (tertiary/aromatic N) is 1. The van der Waals surface area contributed by atoms with Crippen molar-refractivity contribution in [2.24, 2.45) is 5.92 Å². The number of anilines is 2. The zero-order chi connectivity index (χ0) is 20.9. The van der Waals surface area contributed by atoms with E-state index in [4.69, 9.17) is 4.74 Å². The summed E-state index contributed by atoms with van der Waals surface area (Å²) in [5, 5.41) is 2.92. The number of hydrogen-bond acceptors (Lipinski definition) is 4. The van der Waals surface area contributed by atoms with Crippen LogP contribution in [0.5, 0.6) is 5.75 Å². The highest BCUT2D eigenvalue weighted by molar-refractivity contribution is 8.00. The van der Waals surface area contributed by atoms with Gasteiger partial charge in [-0.1, -0.05) is 43.9 Å². The van der Waals surface area contributed by atoms with Crippen LogP contribution >= 0.6 is 11.8 Å². The van der Waals surface area contributed by atoms with Crippen molar-refractivity contribution in [2.75, 3.05) is 23.1 Å². The molecule has 1 N–H and O–H groups in total. The second kappa shape index (κ2) is 9.56. The molecule has 0 bridgehead atoms. The van der Waals surface area contributed by atoms with Crippen LogP contribution in [-0.4, -0.2) is 24.7 Å². The Kier molecular flexibility index (Phi) is 6.62. The maximum Gasteiger partial charge on any atom is 0.238 e. The summed E-state index contributed by atoms with van der Waals surface area (Å²) < 4.78 is 5.32. The highest BCUT2D eigenvalue weighted by Gasteiger charge is 2.34. The van der Waals surface area contributed by atoms with E-state index in [0.717, 1.165) is 29.1 Å². The van der Waals surface area contributed by atoms with Crippen LogP contribution in [0, 0.1) is 5.92 Å². The summed E-state index contributed by atoms with van der Waals surface area (Å²) in [7, 11) is 1.62. The van der Waals surface area contributed by atoms with E-state index in [1.165, 1.54) is 25.7 Å². The van der Waals surface area contributed by atoms with Gasteiger partial charge in [-0.15, -0.1) is 11.8 Å². The minimum Gasteiger partial charge on any atom is -0.497 e. The van der Waals surface area contributed by atoms with E-state index in [1.54, 1.807) is 18.9 Å². The summed E-state index contributed by atoms with van der Waals surface area (Å²) in [4.78, 5) is 26.9. The summed E-state index contributed by atoms with van der Waals surface area (Å²) in [5.41, 5.74) is 2.61. The zero-order valence-electron chi connectivity index (χ0n) is 17.3. The molecule has 0 unspecified atom stereocenters. The smallest absolute Gasteiger partial charge is 0.238 e. The van der Waals surface area contributed by atoms with Gasteiger partial charge in [0.15, 0.2) is 0 Å². The Labute approximate surface area is 182 Å². The van der Waals surface area contributed by atoms with Gasteiger partial charge in [0, 0.05) is 23.9 Å². The van der Waals surface area contributed by atoms with Crippen molar-refractivity contribution in [2.45, 2.75) is 43.9 Å². The molecule has 0 radical (unpaired) electrons. The second-order valence-electron chi connectivity index (χ2n) is 7.99. The van der Waals surface area contributed by atoms with Crippen LogP contribution in [0.15, 0.2) is 48.5 Å². The number of carbonyl (C=O) groups is 2. The number of nitrogens with one attached hydrogen (secondary N) is 1. The van der Waals surface area contributed by atoms with Gasteiger partial charge in [-0.25, -0.2) is 0 Å². The number of amides is 2. The monoisotopic (exact) mass is 424 g/mol. The number of carbonyl (C=O) groups excluding carboxylic acids is 2. The molecule has 30 heavy (non-hydrogen) atoms. The Morgan fingerprint density at radius 2 is 1.97 bits per heavy atom. The number of hydrogen-bond donors (Lipinski definition) is 1. The summed E-state index contributed by atoms with van der Waals surface area (Å²) in [6.45, 7) is 0. The minimum absolute atomic E-state index is 0.0684. The maximum absolute atomic E-state index is 12.6. The van der Waals surface area contributed by atoms with Crippen molar-refractivity contribution in [1.82, 2.24) is 0 Å². The zero-order valence-corrected chi connectivity index (χ0v) is 18.1. The fourth-order valence-electron chi connectivity index (χ4n) is 4.34. The normalized spacial score (nSPS) is 19.3. The number of methoxy groups -OCH3 is 1. The average Bonchev–Trinajstić information content (AvgIpc) is 3.42. The Balaban J connectivity index is 1.46. The average molecular weight is 425 g/mol. The molecule has 1 saturated carbocycles. The summed E-state index contributed by atoms with van der Waals surface area (Å²) in [6, 6.07) is 15.4. The molecule has 2 fully saturated rings. The van der Waals surface area contributed by atoms with E-state index in [-0.39, 0.29) is 17.2 Å². The Morgan fingerprint density at radius 1 is 1.17 bits per heavy atom. The molecule has 2 aromatic carbocycles. The third-order valence-corrected chi connectivity index (χ3v) is 7.12. The van der Waals surface area contributed by atoms with Crippen molar-refractivity contribution in [3.63, 3.8) is 0 Å². The predicted octanol–water partition coefficient (Wildman–Crippen LogP) is 5.38. The highest BCUT2D eigenvalue weighted by Crippen LogP contribution is 2.43. The SMILES string of the molecule is COc1cccc(N2C(=O)CS[C@@H]2c2cccc(NC(=O)CCC3CCCC3)c2)c1. The molecule has 4 rings (SSSR count). The Morgan fingerprint density at radius 3 is 2.77 bits per heavy atom. The van der Waals surface area contributed by atoms with Gasteiger partial charge in [-0.3, -0.25) is 14.5 Å². The van der Waals surface area contributed by atoms with Gasteiger partial charge in [0.05, 0.1) is 12.9 Å². The molecule has 2 amide bonds. The van der Waals surface area contributed by atoms with Crippen molar-refractivity contribution in [3.05, 3.63) is 54.1 Å². The first-order valence-electron chi connectivity index (χ1n) is 10.6. The lowest BCUT2D eigenvalue weighted by Crippen LogP contribution is -2.27. The van der Waals surface area contributed by atoms with E-state index >= 15 is 0 Å². The Bertz CT molecular complexity index is 911. The fourth-order valence-corrected chi connectivity index (χ4v) is 5.50. The van der Waals surface area contributed by atoms with Crippen LogP contribution in [-0.2, 0) is 9.59 Å². The molecule has 158 valence electrons. The molecular formula is C24H28N2O3S. The maximum atomic E-state index is 12.6. The van der Waals surface area contributed by atoms with Crippen molar-refractivity contribution in [3.8, 4) is 5.75 Å². The molecule has 1 aliphatic carbocycles. The number of ether oxygens (including phenoxy) is 1. The lowest BCUT2D eigenvalue weighted by molar-refractivity contribution is -0.117. The van der Waals surface area contributed by atoms with Crippen LogP contribution in [0.1, 0.15) is 49.5 Å². The molecular weight excluding hydrogens is 396 g/mol. The summed E-state index contributed by atoms with van der Waals surface area (Å²) >= 11 is 1.60. The first kappa shape index (κ1) is 20.8. The second-order valence-corrected chi connectivity index (χ2v) is 9.06. The minimum atomic E-state index is -0.125. The van der Waals surface area contributed by atoms with Crippen LogP contribution in [0.2, 0.25) is 0 Å².